The molecule has 0 bridgehead atoms. The van der Waals surface area contributed by atoms with Crippen LogP contribution in [0.3, 0.4) is 0 Å². The lowest BCUT2D eigenvalue weighted by molar-refractivity contribution is 0.0696. The molecule has 1 aromatic carbocycles. The second-order valence-corrected chi connectivity index (χ2v) is 7.27. The fourth-order valence-corrected chi connectivity index (χ4v) is 3.08. The summed E-state index contributed by atoms with van der Waals surface area (Å²) in [5, 5.41) is 17.4. The van der Waals surface area contributed by atoms with Gasteiger partial charge >= 0.3 is 11.9 Å². The number of unbranched alkanes of at least 4 members (excludes halogenated alkanes) is 11. The molecule has 1 aromatic rings. The molecule has 0 fully saturated rings. The van der Waals surface area contributed by atoms with Crippen molar-refractivity contribution in [3.8, 4) is 0 Å². The summed E-state index contributed by atoms with van der Waals surface area (Å²) < 4.78 is 0. The third kappa shape index (κ3) is 15.0. The van der Waals surface area contributed by atoms with Crippen molar-refractivity contribution in [3.05, 3.63) is 34.9 Å². The maximum atomic E-state index is 10.6. The number of carbonyl (C=O) groups is 2. The van der Waals surface area contributed by atoms with E-state index in [0.717, 1.165) is 6.54 Å². The molecule has 1 rings (SSSR count). The maximum Gasteiger partial charge on any atom is 0.335 e. The standard InChI is InChI=1S/C14H31N.C9H8O4.ClH/c1-2-3-4-5-6-7-8-9-10-11-12-13-14-15;1-5-6(8(10)11)3-2-4-7(5)9(12)13;/h2-15H2,1H3;2-4H,1H3,(H,10,11)(H,12,13);1H. The van der Waals surface area contributed by atoms with E-state index in [1.54, 1.807) is 0 Å². The number of carboxylic acids is 2. The Morgan fingerprint density at radius 1 is 0.759 bits per heavy atom. The van der Waals surface area contributed by atoms with E-state index in [9.17, 15) is 9.59 Å². The minimum absolute atomic E-state index is 0. The van der Waals surface area contributed by atoms with E-state index in [4.69, 9.17) is 15.9 Å². The highest BCUT2D eigenvalue weighted by atomic mass is 35.5. The summed E-state index contributed by atoms with van der Waals surface area (Å²) in [5.41, 5.74) is 5.78. The summed E-state index contributed by atoms with van der Waals surface area (Å²) in [5.74, 6) is -2.22. The second-order valence-electron chi connectivity index (χ2n) is 7.27. The quantitative estimate of drug-likeness (QED) is 0.294. The number of carboxylic acid groups (broad SMARTS) is 2. The van der Waals surface area contributed by atoms with Crippen molar-refractivity contribution in [2.45, 2.75) is 90.9 Å². The van der Waals surface area contributed by atoms with Gasteiger partial charge in [-0.05, 0) is 37.6 Å². The van der Waals surface area contributed by atoms with Crippen molar-refractivity contribution in [1.29, 1.82) is 0 Å². The van der Waals surface area contributed by atoms with Crippen LogP contribution in [0, 0.1) is 6.92 Å². The van der Waals surface area contributed by atoms with Crippen LogP contribution in [0.2, 0.25) is 0 Å². The molecule has 168 valence electrons. The molecule has 0 amide bonds. The highest BCUT2D eigenvalue weighted by Gasteiger charge is 2.13. The average molecular weight is 430 g/mol. The van der Waals surface area contributed by atoms with Gasteiger partial charge in [-0.3, -0.25) is 0 Å². The summed E-state index contributed by atoms with van der Waals surface area (Å²) in [4.78, 5) is 21.2. The smallest absolute Gasteiger partial charge is 0.335 e. The molecule has 5 nitrogen and oxygen atoms in total. The number of halogens is 1. The minimum atomic E-state index is -1.11. The van der Waals surface area contributed by atoms with Gasteiger partial charge in [0.2, 0.25) is 0 Å². The SMILES string of the molecule is CCCCCCCCCCCCCCN.Cc1c(C(=O)O)cccc1C(=O)O.Cl. The monoisotopic (exact) mass is 429 g/mol. The van der Waals surface area contributed by atoms with Crippen molar-refractivity contribution < 1.29 is 19.8 Å². The van der Waals surface area contributed by atoms with Crippen LogP contribution in [0.25, 0.3) is 0 Å². The van der Waals surface area contributed by atoms with Gasteiger partial charge < -0.3 is 15.9 Å². The highest BCUT2D eigenvalue weighted by Crippen LogP contribution is 2.13. The Labute approximate surface area is 182 Å². The van der Waals surface area contributed by atoms with Crippen LogP contribution in [-0.2, 0) is 0 Å². The molecule has 29 heavy (non-hydrogen) atoms. The predicted octanol–water partition coefficient (Wildman–Crippen LogP) is 6.46. The topological polar surface area (TPSA) is 101 Å². The fourth-order valence-electron chi connectivity index (χ4n) is 3.08. The van der Waals surface area contributed by atoms with Crippen molar-refractivity contribution in [2.75, 3.05) is 6.54 Å². The molecule has 0 aliphatic rings. The number of benzene rings is 1. The van der Waals surface area contributed by atoms with E-state index >= 15 is 0 Å². The molecule has 0 saturated carbocycles. The zero-order chi connectivity index (χ0) is 21.2. The largest absolute Gasteiger partial charge is 0.478 e. The Kier molecular flexibility index (Phi) is 20.1. The molecular weight excluding hydrogens is 390 g/mol. The number of hydrogen-bond donors (Lipinski definition) is 3. The third-order valence-corrected chi connectivity index (χ3v) is 4.85. The van der Waals surface area contributed by atoms with E-state index in [1.807, 2.05) is 0 Å². The van der Waals surface area contributed by atoms with Gasteiger partial charge in [0.25, 0.3) is 0 Å². The Morgan fingerprint density at radius 2 is 1.10 bits per heavy atom. The predicted molar refractivity (Wildman–Crippen MR) is 122 cm³/mol. The van der Waals surface area contributed by atoms with Gasteiger partial charge in [0.15, 0.2) is 0 Å². The van der Waals surface area contributed by atoms with E-state index in [2.05, 4.69) is 6.92 Å². The molecule has 0 aliphatic carbocycles. The van der Waals surface area contributed by atoms with Crippen LogP contribution in [0.15, 0.2) is 18.2 Å². The lowest BCUT2D eigenvalue weighted by Crippen LogP contribution is -2.06. The lowest BCUT2D eigenvalue weighted by Gasteiger charge is -2.03. The molecule has 0 aliphatic heterocycles. The molecule has 4 N–H and O–H groups in total. The Morgan fingerprint density at radius 3 is 1.41 bits per heavy atom. The fraction of sp³-hybridized carbons (Fsp3) is 0.652. The van der Waals surface area contributed by atoms with Gasteiger partial charge in [0.05, 0.1) is 11.1 Å². The molecule has 6 heteroatoms. The molecule has 0 atom stereocenters. The zero-order valence-electron chi connectivity index (χ0n) is 18.1. The molecular formula is C23H40ClNO4. The van der Waals surface area contributed by atoms with Crippen molar-refractivity contribution >= 4 is 24.3 Å². The first-order chi connectivity index (χ1) is 13.5. The first-order valence-electron chi connectivity index (χ1n) is 10.7. The van der Waals surface area contributed by atoms with Crippen molar-refractivity contribution in [1.82, 2.24) is 0 Å². The van der Waals surface area contributed by atoms with E-state index in [-0.39, 0.29) is 29.1 Å². The first-order valence-corrected chi connectivity index (χ1v) is 10.7. The molecule has 0 radical (unpaired) electrons. The van der Waals surface area contributed by atoms with Crippen molar-refractivity contribution in [2.24, 2.45) is 5.73 Å². The zero-order valence-corrected chi connectivity index (χ0v) is 18.9. The third-order valence-electron chi connectivity index (χ3n) is 4.85. The van der Waals surface area contributed by atoms with Crippen LogP contribution >= 0.6 is 12.4 Å². The summed E-state index contributed by atoms with van der Waals surface area (Å²) >= 11 is 0. The summed E-state index contributed by atoms with van der Waals surface area (Å²) in [6.07, 6.45) is 16.9. The number of hydrogen-bond acceptors (Lipinski definition) is 3. The Hall–Kier alpha value is -1.59. The van der Waals surface area contributed by atoms with Gasteiger partial charge in [-0.1, -0.05) is 83.6 Å². The van der Waals surface area contributed by atoms with E-state index in [0.29, 0.717) is 0 Å². The Bertz CT molecular complexity index is 520. The van der Waals surface area contributed by atoms with Crippen LogP contribution in [-0.4, -0.2) is 28.7 Å². The van der Waals surface area contributed by atoms with Gasteiger partial charge in [-0.15, -0.1) is 12.4 Å². The van der Waals surface area contributed by atoms with Crippen molar-refractivity contribution in [3.63, 3.8) is 0 Å². The van der Waals surface area contributed by atoms with Crippen LogP contribution in [0.5, 0.6) is 0 Å². The molecule has 0 saturated heterocycles. The first kappa shape index (κ1) is 29.6. The second kappa shape index (κ2) is 19.7. The number of rotatable bonds is 14. The van der Waals surface area contributed by atoms with Gasteiger partial charge in [0.1, 0.15) is 0 Å². The molecule has 0 heterocycles. The molecule has 0 spiro atoms. The highest BCUT2D eigenvalue weighted by molar-refractivity contribution is 5.96. The average Bonchev–Trinajstić information content (AvgIpc) is 2.66. The number of nitrogens with two attached hydrogens (primary N) is 1. The van der Waals surface area contributed by atoms with E-state index in [1.165, 1.54) is 102 Å². The molecule has 0 aromatic heterocycles. The summed E-state index contributed by atoms with van der Waals surface area (Å²) in [7, 11) is 0. The van der Waals surface area contributed by atoms with Gasteiger partial charge in [-0.25, -0.2) is 9.59 Å². The minimum Gasteiger partial charge on any atom is -0.478 e. The van der Waals surface area contributed by atoms with Crippen LogP contribution < -0.4 is 5.73 Å². The number of aromatic carboxylic acids is 2. The summed E-state index contributed by atoms with van der Waals surface area (Å²) in [6.45, 7) is 4.63. The Balaban J connectivity index is 0. The normalized spacial score (nSPS) is 9.90. The van der Waals surface area contributed by atoms with Gasteiger partial charge in [-0.2, -0.15) is 0 Å². The van der Waals surface area contributed by atoms with Crippen LogP contribution in [0.1, 0.15) is 110 Å². The summed E-state index contributed by atoms with van der Waals surface area (Å²) in [6, 6.07) is 4.17. The maximum absolute atomic E-state index is 10.6. The van der Waals surface area contributed by atoms with E-state index < -0.39 is 11.9 Å². The van der Waals surface area contributed by atoms with Gasteiger partial charge in [0, 0.05) is 0 Å². The van der Waals surface area contributed by atoms with Crippen LogP contribution in [0.4, 0.5) is 0 Å². The molecule has 0 unspecified atom stereocenters. The lowest BCUT2D eigenvalue weighted by atomic mass is 10.0.